The van der Waals surface area contributed by atoms with Crippen LogP contribution in [0.2, 0.25) is 0 Å². The number of hydrogen-bond donors (Lipinski definition) is 4. The number of nitrogens with zero attached hydrogens (tertiary/aromatic N) is 2. The number of aromatic carboxylic acids is 1. The molecule has 0 radical (unpaired) electrons. The Morgan fingerprint density at radius 2 is 1.85 bits per heavy atom. The van der Waals surface area contributed by atoms with Gasteiger partial charge in [0.25, 0.3) is 0 Å². The fraction of sp³-hybridized carbons (Fsp3) is 0. The smallest absolute Gasteiger partial charge is 0.338 e. The number of thiazole rings is 1. The van der Waals surface area contributed by atoms with E-state index >= 15 is 0 Å². The molecule has 0 saturated carbocycles. The van der Waals surface area contributed by atoms with Crippen molar-refractivity contribution in [1.29, 1.82) is 0 Å². The van der Waals surface area contributed by atoms with E-state index in [0.29, 0.717) is 15.7 Å². The number of benzene rings is 2. The van der Waals surface area contributed by atoms with Crippen LogP contribution in [0.3, 0.4) is 0 Å². The van der Waals surface area contributed by atoms with Crippen LogP contribution in [0.25, 0.3) is 10.6 Å². The largest absolute Gasteiger partial charge is 0.503 e. The molecule has 0 spiro atoms. The van der Waals surface area contributed by atoms with E-state index in [1.54, 1.807) is 0 Å². The molecule has 4 N–H and O–H groups in total. The number of phenols is 1. The molecule has 0 saturated heterocycles. The zero-order valence-electron chi connectivity index (χ0n) is 12.8. The fourth-order valence-corrected chi connectivity index (χ4v) is 2.87. The van der Waals surface area contributed by atoms with Crippen LogP contribution >= 0.6 is 11.3 Å². The SMILES string of the molecule is O=C(O)c1ccc(NN(O)c2csc(-c3ccc(F)cc3)n2)c(O)c1F. The summed E-state index contributed by atoms with van der Waals surface area (Å²) in [5.74, 6) is -4.18. The van der Waals surface area contributed by atoms with E-state index in [-0.39, 0.29) is 11.5 Å². The van der Waals surface area contributed by atoms with Crippen LogP contribution < -0.4 is 10.6 Å². The minimum atomic E-state index is -1.53. The predicted molar refractivity (Wildman–Crippen MR) is 90.4 cm³/mol. The van der Waals surface area contributed by atoms with E-state index in [4.69, 9.17) is 5.11 Å². The summed E-state index contributed by atoms with van der Waals surface area (Å²) in [7, 11) is 0. The molecule has 0 bridgehead atoms. The first-order valence-corrected chi connectivity index (χ1v) is 7.96. The van der Waals surface area contributed by atoms with Gasteiger partial charge in [0.15, 0.2) is 17.4 Å². The summed E-state index contributed by atoms with van der Waals surface area (Å²) in [6, 6.07) is 7.64. The third-order valence-electron chi connectivity index (χ3n) is 3.37. The molecular formula is C16H11F2N3O4S. The lowest BCUT2D eigenvalue weighted by Crippen LogP contribution is -2.26. The average molecular weight is 379 g/mol. The van der Waals surface area contributed by atoms with Crippen LogP contribution in [0.5, 0.6) is 5.75 Å². The minimum Gasteiger partial charge on any atom is -0.503 e. The maximum absolute atomic E-state index is 13.8. The molecule has 0 aliphatic carbocycles. The average Bonchev–Trinajstić information content (AvgIpc) is 3.09. The number of phenolic OH excluding ortho intramolecular Hbond substituents is 1. The van der Waals surface area contributed by atoms with E-state index in [1.807, 2.05) is 0 Å². The van der Waals surface area contributed by atoms with Gasteiger partial charge in [-0.2, -0.15) is 0 Å². The van der Waals surface area contributed by atoms with Crippen LogP contribution in [-0.4, -0.2) is 26.4 Å². The van der Waals surface area contributed by atoms with Crippen molar-refractivity contribution in [3.05, 3.63) is 59.0 Å². The minimum absolute atomic E-state index is 0.0384. The second-order valence-electron chi connectivity index (χ2n) is 5.07. The summed E-state index contributed by atoms with van der Waals surface area (Å²) in [4.78, 5) is 15.0. The van der Waals surface area contributed by atoms with Gasteiger partial charge in [0.05, 0.1) is 5.56 Å². The van der Waals surface area contributed by atoms with Gasteiger partial charge in [-0.15, -0.1) is 16.5 Å². The van der Waals surface area contributed by atoms with Crippen LogP contribution in [-0.2, 0) is 0 Å². The molecule has 134 valence electrons. The Morgan fingerprint density at radius 1 is 1.15 bits per heavy atom. The molecule has 26 heavy (non-hydrogen) atoms. The number of hydrogen-bond acceptors (Lipinski definition) is 7. The molecule has 0 aliphatic rings. The first kappa shape index (κ1) is 17.6. The Labute approximate surface area is 149 Å². The summed E-state index contributed by atoms with van der Waals surface area (Å²) < 4.78 is 26.8. The zero-order valence-corrected chi connectivity index (χ0v) is 13.7. The van der Waals surface area contributed by atoms with Crippen LogP contribution in [0.1, 0.15) is 10.4 Å². The van der Waals surface area contributed by atoms with Crippen molar-refractivity contribution in [1.82, 2.24) is 4.98 Å². The number of rotatable bonds is 5. The fourth-order valence-electron chi connectivity index (χ4n) is 2.08. The number of carboxylic acid groups (broad SMARTS) is 1. The quantitative estimate of drug-likeness (QED) is 0.395. The summed E-state index contributed by atoms with van der Waals surface area (Å²) in [6.45, 7) is 0. The Balaban J connectivity index is 1.81. The van der Waals surface area contributed by atoms with Crippen molar-refractivity contribution in [3.8, 4) is 16.3 Å². The first-order valence-electron chi connectivity index (χ1n) is 7.08. The highest BCUT2D eigenvalue weighted by Crippen LogP contribution is 2.31. The molecule has 10 heteroatoms. The lowest BCUT2D eigenvalue weighted by atomic mass is 10.2. The molecule has 1 heterocycles. The number of nitrogens with one attached hydrogen (secondary N) is 1. The zero-order chi connectivity index (χ0) is 18.8. The molecule has 3 rings (SSSR count). The van der Waals surface area contributed by atoms with Crippen molar-refractivity contribution in [2.45, 2.75) is 0 Å². The van der Waals surface area contributed by atoms with Gasteiger partial charge in [-0.3, -0.25) is 10.6 Å². The highest BCUT2D eigenvalue weighted by molar-refractivity contribution is 7.13. The molecule has 0 aliphatic heterocycles. The maximum atomic E-state index is 13.8. The second kappa shape index (κ2) is 6.94. The number of aromatic nitrogens is 1. The van der Waals surface area contributed by atoms with Crippen molar-refractivity contribution in [2.24, 2.45) is 0 Å². The lowest BCUT2D eigenvalue weighted by Gasteiger charge is -2.17. The maximum Gasteiger partial charge on any atom is 0.338 e. The number of aromatic hydroxyl groups is 1. The summed E-state index contributed by atoms with van der Waals surface area (Å²) in [5.41, 5.74) is 1.97. The highest BCUT2D eigenvalue weighted by atomic mass is 32.1. The highest BCUT2D eigenvalue weighted by Gasteiger charge is 2.19. The van der Waals surface area contributed by atoms with Crippen LogP contribution in [0.15, 0.2) is 41.8 Å². The molecule has 0 atom stereocenters. The molecule has 3 aromatic rings. The van der Waals surface area contributed by atoms with Crippen molar-refractivity contribution >= 4 is 28.8 Å². The molecule has 0 unspecified atom stereocenters. The Hall–Kier alpha value is -3.24. The molecule has 0 fully saturated rings. The van der Waals surface area contributed by atoms with Gasteiger partial charge in [-0.05, 0) is 36.4 Å². The summed E-state index contributed by atoms with van der Waals surface area (Å²) in [5, 5.41) is 31.0. The van der Waals surface area contributed by atoms with E-state index in [1.165, 1.54) is 41.0 Å². The number of hydrazine groups is 1. The summed E-state index contributed by atoms with van der Waals surface area (Å²) in [6.07, 6.45) is 0. The topological polar surface area (TPSA) is 106 Å². The van der Waals surface area contributed by atoms with Gasteiger partial charge in [0.1, 0.15) is 16.5 Å². The molecule has 2 aromatic carbocycles. The molecule has 1 aromatic heterocycles. The third-order valence-corrected chi connectivity index (χ3v) is 4.25. The lowest BCUT2D eigenvalue weighted by molar-refractivity contribution is 0.0691. The summed E-state index contributed by atoms with van der Waals surface area (Å²) >= 11 is 1.17. The number of carbonyl (C=O) groups is 1. The van der Waals surface area contributed by atoms with Gasteiger partial charge in [-0.1, -0.05) is 0 Å². The van der Waals surface area contributed by atoms with Gasteiger partial charge in [0.2, 0.25) is 0 Å². The Morgan fingerprint density at radius 3 is 2.50 bits per heavy atom. The standard InChI is InChI=1S/C16H11F2N3O4S/c17-9-3-1-8(2-4-9)15-19-12(7-26-15)21(25)20-11-6-5-10(16(23)24)13(18)14(11)22/h1-7,20,22,25H,(H,23,24). The predicted octanol–water partition coefficient (Wildman–Crippen LogP) is 3.71. The molecular weight excluding hydrogens is 368 g/mol. The van der Waals surface area contributed by atoms with E-state index < -0.39 is 28.9 Å². The van der Waals surface area contributed by atoms with Crippen LogP contribution in [0, 0.1) is 11.6 Å². The molecule has 0 amide bonds. The van der Waals surface area contributed by atoms with Gasteiger partial charge >= 0.3 is 5.97 Å². The van der Waals surface area contributed by atoms with Crippen molar-refractivity contribution < 1.29 is 29.0 Å². The Kier molecular flexibility index (Phi) is 4.69. The van der Waals surface area contributed by atoms with Crippen molar-refractivity contribution in [3.63, 3.8) is 0 Å². The Bertz CT molecular complexity index is 963. The van der Waals surface area contributed by atoms with E-state index in [0.717, 1.165) is 12.1 Å². The molecule has 7 nitrogen and oxygen atoms in total. The number of anilines is 2. The van der Waals surface area contributed by atoms with Gasteiger partial charge in [-0.25, -0.2) is 18.6 Å². The normalized spacial score (nSPS) is 10.6. The number of carboxylic acids is 1. The van der Waals surface area contributed by atoms with Gasteiger partial charge in [0, 0.05) is 10.9 Å². The van der Waals surface area contributed by atoms with Gasteiger partial charge < -0.3 is 10.2 Å². The van der Waals surface area contributed by atoms with Crippen LogP contribution in [0.4, 0.5) is 20.3 Å². The number of halogens is 2. The first-order chi connectivity index (χ1) is 12.4. The third kappa shape index (κ3) is 3.41. The van der Waals surface area contributed by atoms with E-state index in [2.05, 4.69) is 10.4 Å². The monoisotopic (exact) mass is 379 g/mol. The second-order valence-corrected chi connectivity index (χ2v) is 5.93. The van der Waals surface area contributed by atoms with E-state index in [9.17, 15) is 23.9 Å². The van der Waals surface area contributed by atoms with Crippen molar-refractivity contribution in [2.75, 3.05) is 10.6 Å².